The van der Waals surface area contributed by atoms with Crippen LogP contribution in [0.5, 0.6) is 0 Å². The predicted molar refractivity (Wildman–Crippen MR) is 84.8 cm³/mol. The molecule has 0 aromatic carbocycles. The summed E-state index contributed by atoms with van der Waals surface area (Å²) in [4.78, 5) is 33.5. The number of hydrogen-bond acceptors (Lipinski definition) is 12. The van der Waals surface area contributed by atoms with Gasteiger partial charge in [0.05, 0.1) is 34.0 Å². The first-order valence-corrected chi connectivity index (χ1v) is 9.31. The molecule has 13 nitrogen and oxygen atoms in total. The summed E-state index contributed by atoms with van der Waals surface area (Å²) in [5.41, 5.74) is 6.43. The van der Waals surface area contributed by atoms with Crippen LogP contribution in [0, 0.1) is 0 Å². The number of aliphatic hydroxyl groups excluding tert-OH is 1. The van der Waals surface area contributed by atoms with Gasteiger partial charge in [0.15, 0.2) is 17.7 Å². The molecule has 2 aromatic rings. The number of aliphatic hydroxyl groups is 1. The minimum absolute atomic E-state index is 0.136. The molecule has 27 heavy (non-hydrogen) atoms. The topological polar surface area (TPSA) is 190 Å². The summed E-state index contributed by atoms with van der Waals surface area (Å²) in [5, 5.41) is 10.5. The van der Waals surface area contributed by atoms with Crippen molar-refractivity contribution >= 4 is 24.8 Å². The summed E-state index contributed by atoms with van der Waals surface area (Å²) in [7, 11) is -3.74. The maximum Gasteiger partial charge on any atom is 0.167 e. The molecule has 150 valence electrons. The highest BCUT2D eigenvalue weighted by atomic mass is 31.2. The zero-order valence-electron chi connectivity index (χ0n) is 14.2. The van der Waals surface area contributed by atoms with Gasteiger partial charge in [-0.1, -0.05) is 0 Å². The second kappa shape index (κ2) is 8.12. The molecule has 3 heterocycles. The van der Waals surface area contributed by atoms with Gasteiger partial charge >= 0.3 is 0 Å². The standard InChI is InChI=1S/C13H20N5O8P/c1-23-2-3-24-10-9(19)7(4-25-27(20,21)22)26-13(10)18-6-17-8-11(14)15-5-16-12(8)18/h5-7,9-10,13,19H,2-4H2,1H3,(H2,14,15,16)(H2,20,21,22)/p-2/t7-,9?,10+,13-/m1/s1. The average Bonchev–Trinajstić information content (AvgIpc) is 3.16. The minimum Gasteiger partial charge on any atom is -0.790 e. The molecule has 0 radical (unpaired) electrons. The average molecular weight is 403 g/mol. The van der Waals surface area contributed by atoms with E-state index in [2.05, 4.69) is 19.5 Å². The first-order chi connectivity index (χ1) is 12.8. The fraction of sp³-hybridized carbons (Fsp3) is 0.615. The van der Waals surface area contributed by atoms with Crippen LogP contribution in [-0.2, 0) is 23.3 Å². The Kier molecular flexibility index (Phi) is 6.03. The Labute approximate surface area is 153 Å². The number of nitrogens with zero attached hydrogens (tertiary/aromatic N) is 4. The zero-order chi connectivity index (χ0) is 19.6. The van der Waals surface area contributed by atoms with Crippen molar-refractivity contribution in [3.8, 4) is 0 Å². The summed E-state index contributed by atoms with van der Waals surface area (Å²) in [6, 6.07) is 0. The summed E-state index contributed by atoms with van der Waals surface area (Å²) in [6.07, 6.45) is -1.64. The molecule has 0 bridgehead atoms. The van der Waals surface area contributed by atoms with Crippen LogP contribution in [0.2, 0.25) is 0 Å². The van der Waals surface area contributed by atoms with E-state index in [9.17, 15) is 19.5 Å². The molecule has 4 atom stereocenters. The third kappa shape index (κ3) is 4.42. The number of anilines is 1. The quantitative estimate of drug-likeness (QED) is 0.350. The number of nitrogens with two attached hydrogens (primary N) is 1. The predicted octanol–water partition coefficient (Wildman–Crippen LogP) is -2.46. The summed E-state index contributed by atoms with van der Waals surface area (Å²) < 4.78 is 32.7. The number of methoxy groups -OCH3 is 1. The first-order valence-electron chi connectivity index (χ1n) is 7.85. The molecule has 0 saturated carbocycles. The molecule has 3 rings (SSSR count). The molecule has 3 N–H and O–H groups in total. The van der Waals surface area contributed by atoms with E-state index in [0.29, 0.717) is 11.2 Å². The molecule has 2 aromatic heterocycles. The van der Waals surface area contributed by atoms with Crippen molar-refractivity contribution < 1.29 is 38.2 Å². The van der Waals surface area contributed by atoms with Crippen molar-refractivity contribution in [1.29, 1.82) is 0 Å². The Morgan fingerprint density at radius 2 is 2.15 bits per heavy atom. The van der Waals surface area contributed by atoms with Gasteiger partial charge in [0.1, 0.15) is 30.2 Å². The molecule has 14 heteroatoms. The van der Waals surface area contributed by atoms with E-state index in [-0.39, 0.29) is 19.0 Å². The van der Waals surface area contributed by atoms with Crippen LogP contribution in [0.3, 0.4) is 0 Å². The fourth-order valence-electron chi connectivity index (χ4n) is 2.75. The van der Waals surface area contributed by atoms with Crippen molar-refractivity contribution in [1.82, 2.24) is 19.5 Å². The Balaban J connectivity index is 1.87. The summed E-state index contributed by atoms with van der Waals surface area (Å²) in [5.74, 6) is 0.160. The highest BCUT2D eigenvalue weighted by Gasteiger charge is 2.46. The van der Waals surface area contributed by atoms with Gasteiger partial charge in [-0.25, -0.2) is 15.0 Å². The Hall–Kier alpha value is -1.70. The largest absolute Gasteiger partial charge is 0.790 e. The molecule has 0 spiro atoms. The van der Waals surface area contributed by atoms with Crippen molar-refractivity contribution in [3.05, 3.63) is 12.7 Å². The lowest BCUT2D eigenvalue weighted by molar-refractivity contribution is -0.343. The van der Waals surface area contributed by atoms with Crippen LogP contribution < -0.4 is 15.5 Å². The number of aromatic nitrogens is 4. The molecule has 0 aliphatic carbocycles. The van der Waals surface area contributed by atoms with E-state index in [4.69, 9.17) is 19.9 Å². The fourth-order valence-corrected chi connectivity index (χ4v) is 3.08. The number of rotatable bonds is 8. The van der Waals surface area contributed by atoms with E-state index in [0.717, 1.165) is 0 Å². The van der Waals surface area contributed by atoms with Crippen LogP contribution in [0.4, 0.5) is 5.82 Å². The minimum atomic E-state index is -5.22. The smallest absolute Gasteiger partial charge is 0.167 e. The van der Waals surface area contributed by atoms with Crippen LogP contribution in [0.1, 0.15) is 6.23 Å². The van der Waals surface area contributed by atoms with Gasteiger partial charge in [-0.05, 0) is 0 Å². The second-order valence-corrected chi connectivity index (χ2v) is 6.86. The van der Waals surface area contributed by atoms with Crippen LogP contribution in [0.15, 0.2) is 12.7 Å². The summed E-state index contributed by atoms with van der Waals surface area (Å²) >= 11 is 0. The van der Waals surface area contributed by atoms with Crippen LogP contribution in [0.25, 0.3) is 11.2 Å². The third-order valence-electron chi connectivity index (χ3n) is 3.97. The monoisotopic (exact) mass is 403 g/mol. The molecule has 0 amide bonds. The zero-order valence-corrected chi connectivity index (χ0v) is 15.1. The molecule has 1 unspecified atom stereocenters. The highest BCUT2D eigenvalue weighted by Crippen LogP contribution is 2.36. The van der Waals surface area contributed by atoms with Crippen molar-refractivity contribution in [2.24, 2.45) is 0 Å². The second-order valence-electron chi connectivity index (χ2n) is 5.71. The van der Waals surface area contributed by atoms with Crippen LogP contribution in [-0.4, -0.2) is 69.9 Å². The lowest BCUT2D eigenvalue weighted by Gasteiger charge is -2.30. The van der Waals surface area contributed by atoms with E-state index < -0.39 is 39.0 Å². The van der Waals surface area contributed by atoms with E-state index >= 15 is 0 Å². The van der Waals surface area contributed by atoms with Crippen molar-refractivity contribution in [3.63, 3.8) is 0 Å². The summed E-state index contributed by atoms with van der Waals surface area (Å²) in [6.45, 7) is -0.264. The molecule has 1 fully saturated rings. The van der Waals surface area contributed by atoms with Gasteiger partial charge in [0.25, 0.3) is 0 Å². The number of hydrogen-bond donors (Lipinski definition) is 2. The molecular weight excluding hydrogens is 385 g/mol. The van der Waals surface area contributed by atoms with E-state index in [1.807, 2.05) is 0 Å². The maximum atomic E-state index is 10.7. The van der Waals surface area contributed by atoms with Gasteiger partial charge in [0.2, 0.25) is 0 Å². The van der Waals surface area contributed by atoms with Crippen molar-refractivity contribution in [2.45, 2.75) is 24.5 Å². The van der Waals surface area contributed by atoms with Gasteiger partial charge < -0.3 is 43.9 Å². The molecule has 1 aliphatic heterocycles. The lowest BCUT2D eigenvalue weighted by atomic mass is 10.1. The number of fused-ring (bicyclic) bond motifs is 1. The normalized spacial score (nSPS) is 26.1. The molecular formula is C13H18N5O8P-2. The van der Waals surface area contributed by atoms with Gasteiger partial charge in [-0.3, -0.25) is 4.57 Å². The first kappa shape index (κ1) is 20.0. The van der Waals surface area contributed by atoms with Gasteiger partial charge in [-0.2, -0.15) is 0 Å². The van der Waals surface area contributed by atoms with Gasteiger partial charge in [-0.15, -0.1) is 0 Å². The molecule has 1 saturated heterocycles. The number of nitrogen functional groups attached to an aromatic ring is 1. The lowest BCUT2D eigenvalue weighted by Crippen LogP contribution is -2.37. The number of imidazole rings is 1. The number of phosphoric acid groups is 1. The van der Waals surface area contributed by atoms with Gasteiger partial charge in [0, 0.05) is 7.11 Å². The highest BCUT2D eigenvalue weighted by molar-refractivity contribution is 7.43. The SMILES string of the molecule is COCCO[C@H]1C(O)[C@@H](COP(=O)([O-])[O-])O[C@H]1n1cnc2c(N)ncnc21. The Bertz CT molecular complexity index is 828. The Morgan fingerprint density at radius 1 is 1.37 bits per heavy atom. The van der Waals surface area contributed by atoms with E-state index in [1.54, 1.807) is 0 Å². The number of ether oxygens (including phenoxy) is 3. The van der Waals surface area contributed by atoms with Crippen LogP contribution >= 0.6 is 7.82 Å². The van der Waals surface area contributed by atoms with E-state index in [1.165, 1.54) is 24.3 Å². The third-order valence-corrected chi connectivity index (χ3v) is 4.43. The number of phosphoric ester groups is 1. The van der Waals surface area contributed by atoms with Crippen molar-refractivity contribution in [2.75, 3.05) is 32.7 Å². The maximum absolute atomic E-state index is 10.7. The Morgan fingerprint density at radius 3 is 2.85 bits per heavy atom. The molecule has 1 aliphatic rings.